The highest BCUT2D eigenvalue weighted by molar-refractivity contribution is 5.14. The van der Waals surface area contributed by atoms with Crippen molar-refractivity contribution in [1.29, 1.82) is 0 Å². The molecule has 2 nitrogen and oxygen atoms in total. The molecule has 0 amide bonds. The van der Waals surface area contributed by atoms with E-state index in [0.29, 0.717) is 5.92 Å². The molecule has 0 aromatic carbocycles. The van der Waals surface area contributed by atoms with E-state index in [9.17, 15) is 0 Å². The van der Waals surface area contributed by atoms with Crippen molar-refractivity contribution < 1.29 is 0 Å². The molecule has 0 saturated heterocycles. The SMILES string of the molecule is C[C@H]1CC[C@H](c2cnc(C3CCCCC3)nc2)CC1. The maximum atomic E-state index is 4.69. The summed E-state index contributed by atoms with van der Waals surface area (Å²) in [6.07, 6.45) is 16.3. The molecule has 2 aliphatic carbocycles. The molecule has 1 aromatic heterocycles. The van der Waals surface area contributed by atoms with Crippen molar-refractivity contribution in [3.05, 3.63) is 23.8 Å². The summed E-state index contributed by atoms with van der Waals surface area (Å²) in [6.45, 7) is 2.37. The van der Waals surface area contributed by atoms with Gasteiger partial charge in [0, 0.05) is 18.3 Å². The molecule has 0 N–H and O–H groups in total. The Hall–Kier alpha value is -0.920. The molecule has 3 rings (SSSR count). The molecule has 0 unspecified atom stereocenters. The normalized spacial score (nSPS) is 29.3. The second kappa shape index (κ2) is 6.02. The summed E-state index contributed by atoms with van der Waals surface area (Å²) in [7, 11) is 0. The largest absolute Gasteiger partial charge is 0.241 e. The first-order chi connectivity index (χ1) is 9.33. The van der Waals surface area contributed by atoms with Crippen LogP contribution in [0, 0.1) is 5.92 Å². The van der Waals surface area contributed by atoms with Crippen LogP contribution in [0.4, 0.5) is 0 Å². The van der Waals surface area contributed by atoms with Crippen LogP contribution in [0.15, 0.2) is 12.4 Å². The smallest absolute Gasteiger partial charge is 0.131 e. The van der Waals surface area contributed by atoms with Gasteiger partial charge < -0.3 is 0 Å². The van der Waals surface area contributed by atoms with Gasteiger partial charge in [-0.05, 0) is 43.1 Å². The molecule has 2 saturated carbocycles. The molecule has 1 heterocycles. The first-order valence-electron chi connectivity index (χ1n) is 8.15. The van der Waals surface area contributed by atoms with Crippen molar-refractivity contribution in [2.45, 2.75) is 76.5 Å². The number of hydrogen-bond acceptors (Lipinski definition) is 2. The van der Waals surface area contributed by atoms with Gasteiger partial charge in [0.1, 0.15) is 5.82 Å². The van der Waals surface area contributed by atoms with E-state index in [4.69, 9.17) is 0 Å². The summed E-state index contributed by atoms with van der Waals surface area (Å²) in [4.78, 5) is 9.37. The Morgan fingerprint density at radius 1 is 0.789 bits per heavy atom. The average molecular weight is 258 g/mol. The molecule has 1 aromatic rings. The van der Waals surface area contributed by atoms with Gasteiger partial charge in [-0.1, -0.05) is 39.0 Å². The van der Waals surface area contributed by atoms with Crippen LogP contribution in [0.1, 0.15) is 87.9 Å². The summed E-state index contributed by atoms with van der Waals surface area (Å²) in [5, 5.41) is 0. The van der Waals surface area contributed by atoms with Crippen LogP contribution in [-0.2, 0) is 0 Å². The van der Waals surface area contributed by atoms with Gasteiger partial charge in [-0.15, -0.1) is 0 Å². The van der Waals surface area contributed by atoms with Crippen molar-refractivity contribution in [2.24, 2.45) is 5.92 Å². The lowest BCUT2D eigenvalue weighted by molar-refractivity contribution is 0.346. The van der Waals surface area contributed by atoms with Crippen molar-refractivity contribution >= 4 is 0 Å². The lowest BCUT2D eigenvalue weighted by atomic mass is 9.80. The molecule has 0 spiro atoms. The lowest BCUT2D eigenvalue weighted by Gasteiger charge is -2.26. The van der Waals surface area contributed by atoms with Gasteiger partial charge in [-0.3, -0.25) is 0 Å². The molecular weight excluding hydrogens is 232 g/mol. The van der Waals surface area contributed by atoms with E-state index in [1.165, 1.54) is 63.4 Å². The van der Waals surface area contributed by atoms with Gasteiger partial charge in [0.15, 0.2) is 0 Å². The predicted molar refractivity (Wildman–Crippen MR) is 78.2 cm³/mol. The minimum absolute atomic E-state index is 0.633. The van der Waals surface area contributed by atoms with Crippen molar-refractivity contribution in [1.82, 2.24) is 9.97 Å². The van der Waals surface area contributed by atoms with Gasteiger partial charge in [0.2, 0.25) is 0 Å². The molecule has 0 aliphatic heterocycles. The lowest BCUT2D eigenvalue weighted by Crippen LogP contribution is -2.13. The van der Waals surface area contributed by atoms with Crippen molar-refractivity contribution in [2.75, 3.05) is 0 Å². The molecule has 0 bridgehead atoms. The first kappa shape index (κ1) is 13.1. The Morgan fingerprint density at radius 2 is 1.42 bits per heavy atom. The number of nitrogens with zero attached hydrogens (tertiary/aromatic N) is 2. The zero-order chi connectivity index (χ0) is 13.1. The topological polar surface area (TPSA) is 25.8 Å². The third-order valence-corrected chi connectivity index (χ3v) is 5.15. The maximum Gasteiger partial charge on any atom is 0.131 e. The third kappa shape index (κ3) is 3.16. The van der Waals surface area contributed by atoms with Crippen molar-refractivity contribution in [3.63, 3.8) is 0 Å². The van der Waals surface area contributed by atoms with E-state index < -0.39 is 0 Å². The summed E-state index contributed by atoms with van der Waals surface area (Å²) >= 11 is 0. The number of hydrogen-bond donors (Lipinski definition) is 0. The highest BCUT2D eigenvalue weighted by Crippen LogP contribution is 2.35. The summed E-state index contributed by atoms with van der Waals surface area (Å²) < 4.78 is 0. The predicted octanol–water partition coefficient (Wildman–Crippen LogP) is 4.82. The van der Waals surface area contributed by atoms with E-state index >= 15 is 0 Å². The third-order valence-electron chi connectivity index (χ3n) is 5.15. The molecular formula is C17H26N2. The van der Waals surface area contributed by atoms with Gasteiger partial charge in [-0.25, -0.2) is 9.97 Å². The molecule has 2 heteroatoms. The standard InChI is InChI=1S/C17H26N2/c1-13-7-9-14(10-8-13)16-11-18-17(19-12-16)15-5-3-2-4-6-15/h11-15H,2-10H2,1H3/t13-,14-. The van der Waals surface area contributed by atoms with E-state index in [0.717, 1.165) is 17.7 Å². The molecule has 19 heavy (non-hydrogen) atoms. The second-order valence-electron chi connectivity index (χ2n) is 6.67. The fourth-order valence-corrected chi connectivity index (χ4v) is 3.72. The number of rotatable bonds is 2. The highest BCUT2D eigenvalue weighted by Gasteiger charge is 2.22. The minimum Gasteiger partial charge on any atom is -0.241 e. The fraction of sp³-hybridized carbons (Fsp3) is 0.765. The maximum absolute atomic E-state index is 4.69. The Bertz CT molecular complexity index is 384. The van der Waals surface area contributed by atoms with Gasteiger partial charge in [0.05, 0.1) is 0 Å². The summed E-state index contributed by atoms with van der Waals surface area (Å²) in [5.41, 5.74) is 1.38. The van der Waals surface area contributed by atoms with Crippen LogP contribution in [0.3, 0.4) is 0 Å². The van der Waals surface area contributed by atoms with E-state index in [-0.39, 0.29) is 0 Å². The average Bonchev–Trinajstić information content (AvgIpc) is 2.49. The van der Waals surface area contributed by atoms with Crippen LogP contribution >= 0.6 is 0 Å². The molecule has 0 radical (unpaired) electrons. The Labute approximate surface area is 117 Å². The van der Waals surface area contributed by atoms with Crippen LogP contribution in [0.5, 0.6) is 0 Å². The summed E-state index contributed by atoms with van der Waals surface area (Å²) in [6, 6.07) is 0. The minimum atomic E-state index is 0.633. The van der Waals surface area contributed by atoms with Crippen molar-refractivity contribution in [3.8, 4) is 0 Å². The van der Waals surface area contributed by atoms with Crippen LogP contribution < -0.4 is 0 Å². The van der Waals surface area contributed by atoms with Gasteiger partial charge in [-0.2, -0.15) is 0 Å². The second-order valence-corrected chi connectivity index (χ2v) is 6.67. The van der Waals surface area contributed by atoms with Crippen LogP contribution in [-0.4, -0.2) is 9.97 Å². The zero-order valence-electron chi connectivity index (χ0n) is 12.1. The number of aromatic nitrogens is 2. The van der Waals surface area contributed by atoms with Gasteiger partial charge >= 0.3 is 0 Å². The quantitative estimate of drug-likeness (QED) is 0.760. The van der Waals surface area contributed by atoms with E-state index in [2.05, 4.69) is 29.3 Å². The van der Waals surface area contributed by atoms with E-state index in [1.807, 2.05) is 0 Å². The fourth-order valence-electron chi connectivity index (χ4n) is 3.72. The van der Waals surface area contributed by atoms with Crippen LogP contribution in [0.2, 0.25) is 0 Å². The Balaban J connectivity index is 1.65. The first-order valence-corrected chi connectivity index (χ1v) is 8.15. The molecule has 2 fully saturated rings. The zero-order valence-corrected chi connectivity index (χ0v) is 12.1. The molecule has 0 atom stereocenters. The van der Waals surface area contributed by atoms with Gasteiger partial charge in [0.25, 0.3) is 0 Å². The monoisotopic (exact) mass is 258 g/mol. The van der Waals surface area contributed by atoms with Crippen LogP contribution in [0.25, 0.3) is 0 Å². The Morgan fingerprint density at radius 3 is 2.05 bits per heavy atom. The highest BCUT2D eigenvalue weighted by atomic mass is 14.9. The molecule has 104 valence electrons. The summed E-state index contributed by atoms with van der Waals surface area (Å²) in [5.74, 6) is 3.37. The van der Waals surface area contributed by atoms with E-state index in [1.54, 1.807) is 0 Å². The molecule has 2 aliphatic rings. The Kier molecular flexibility index (Phi) is 4.15.